The number of benzene rings is 2. The van der Waals surface area contributed by atoms with E-state index < -0.39 is 0 Å². The largest absolute Gasteiger partial charge is 0.487 e. The minimum absolute atomic E-state index is 0.134. The molecule has 1 heterocycles. The van der Waals surface area contributed by atoms with Crippen LogP contribution in [0.2, 0.25) is 0 Å². The first-order valence-electron chi connectivity index (χ1n) is 11.1. The highest BCUT2D eigenvalue weighted by Crippen LogP contribution is 2.45. The zero-order chi connectivity index (χ0) is 24.5. The van der Waals surface area contributed by atoms with Crippen LogP contribution in [0.3, 0.4) is 0 Å². The maximum Gasteiger partial charge on any atom is 0.141 e. The van der Waals surface area contributed by atoms with Crippen molar-refractivity contribution in [2.45, 2.75) is 46.6 Å². The number of thiophene rings is 1. The first kappa shape index (κ1) is 25.6. The Balaban J connectivity index is 1.64. The summed E-state index contributed by atoms with van der Waals surface area (Å²) in [5.74, 6) is 0.993. The van der Waals surface area contributed by atoms with Crippen LogP contribution < -0.4 is 4.74 Å². The van der Waals surface area contributed by atoms with Crippen molar-refractivity contribution in [3.63, 3.8) is 0 Å². The summed E-state index contributed by atoms with van der Waals surface area (Å²) in [6.45, 7) is 7.01. The predicted octanol–water partition coefficient (Wildman–Crippen LogP) is 8.45. The first-order valence-corrected chi connectivity index (χ1v) is 14.1. The Hall–Kier alpha value is -1.51. The molecule has 0 radical (unpaired) electrons. The molecule has 7 heteroatoms. The maximum absolute atomic E-state index is 14.1. The molecule has 0 saturated carbocycles. The van der Waals surface area contributed by atoms with Gasteiger partial charge in [0.15, 0.2) is 0 Å². The molecule has 0 unspecified atom stereocenters. The third kappa shape index (κ3) is 5.65. The Morgan fingerprint density at radius 3 is 2.74 bits per heavy atom. The topological polar surface area (TPSA) is 45.4 Å². The van der Waals surface area contributed by atoms with Gasteiger partial charge in [0.2, 0.25) is 0 Å². The van der Waals surface area contributed by atoms with Crippen LogP contribution in [0.1, 0.15) is 54.3 Å². The molecular formula is C27H25FI2N2OS. The molecule has 1 aliphatic rings. The van der Waals surface area contributed by atoms with Crippen molar-refractivity contribution in [3.8, 4) is 11.8 Å². The Kier molecular flexibility index (Phi) is 7.99. The van der Waals surface area contributed by atoms with Gasteiger partial charge in [-0.25, -0.2) is 9.38 Å². The molecule has 0 aliphatic heterocycles. The third-order valence-electron chi connectivity index (χ3n) is 6.27. The van der Waals surface area contributed by atoms with Crippen molar-refractivity contribution in [3.05, 3.63) is 76.5 Å². The molecular weight excluding hydrogens is 673 g/mol. The SMILES string of the molecule is CC(C)(C)[C@H]1CCc2c(sc(N=Cc3cc(I)cc(I)c3OCc3ccccc3F)c2C#N)C1. The average molecular weight is 698 g/mol. The van der Waals surface area contributed by atoms with Crippen molar-refractivity contribution in [1.82, 2.24) is 0 Å². The summed E-state index contributed by atoms with van der Waals surface area (Å²) in [6.07, 6.45) is 4.82. The molecule has 1 aliphatic carbocycles. The third-order valence-corrected chi connectivity index (χ3v) is 8.86. The van der Waals surface area contributed by atoms with E-state index >= 15 is 0 Å². The molecule has 34 heavy (non-hydrogen) atoms. The highest BCUT2D eigenvalue weighted by Gasteiger charge is 2.32. The fraction of sp³-hybridized carbons (Fsp3) is 0.333. The van der Waals surface area contributed by atoms with Crippen molar-refractivity contribution < 1.29 is 9.13 Å². The summed E-state index contributed by atoms with van der Waals surface area (Å²) < 4.78 is 22.1. The monoisotopic (exact) mass is 698 g/mol. The molecule has 1 aromatic heterocycles. The number of rotatable bonds is 5. The Morgan fingerprint density at radius 1 is 1.26 bits per heavy atom. The van der Waals surface area contributed by atoms with Gasteiger partial charge in [-0.1, -0.05) is 39.0 Å². The Bertz CT molecular complexity index is 1290. The Labute approximate surface area is 231 Å². The highest BCUT2D eigenvalue weighted by molar-refractivity contribution is 14.1. The molecule has 0 fully saturated rings. The van der Waals surface area contributed by atoms with Crippen LogP contribution in [0.4, 0.5) is 9.39 Å². The quantitative estimate of drug-likeness (QED) is 0.199. The van der Waals surface area contributed by atoms with Gasteiger partial charge in [-0.2, -0.15) is 5.26 Å². The van der Waals surface area contributed by atoms with Gasteiger partial charge in [0.05, 0.1) is 9.13 Å². The molecule has 0 bridgehead atoms. The summed E-state index contributed by atoms with van der Waals surface area (Å²) >= 11 is 6.14. The van der Waals surface area contributed by atoms with Crippen LogP contribution >= 0.6 is 56.5 Å². The van der Waals surface area contributed by atoms with Crippen LogP contribution in [0, 0.1) is 35.6 Å². The zero-order valence-electron chi connectivity index (χ0n) is 19.3. The first-order chi connectivity index (χ1) is 16.2. The fourth-order valence-electron chi connectivity index (χ4n) is 4.24. The van der Waals surface area contributed by atoms with Gasteiger partial charge in [-0.3, -0.25) is 0 Å². The molecule has 0 saturated heterocycles. The van der Waals surface area contributed by atoms with Crippen molar-refractivity contribution >= 4 is 67.7 Å². The molecule has 3 nitrogen and oxygen atoms in total. The van der Waals surface area contributed by atoms with Gasteiger partial charge >= 0.3 is 0 Å². The summed E-state index contributed by atoms with van der Waals surface area (Å²) in [5, 5.41) is 10.6. The number of hydrogen-bond acceptors (Lipinski definition) is 4. The molecule has 0 amide bonds. The molecule has 1 atom stereocenters. The maximum atomic E-state index is 14.1. The summed E-state index contributed by atoms with van der Waals surface area (Å²) in [5.41, 5.74) is 3.45. The Morgan fingerprint density at radius 2 is 2.03 bits per heavy atom. The van der Waals surface area contributed by atoms with Crippen molar-refractivity contribution in [2.24, 2.45) is 16.3 Å². The average Bonchev–Trinajstić information content (AvgIpc) is 3.14. The second kappa shape index (κ2) is 10.6. The lowest BCUT2D eigenvalue weighted by Crippen LogP contribution is -2.26. The minimum Gasteiger partial charge on any atom is -0.487 e. The van der Waals surface area contributed by atoms with E-state index in [4.69, 9.17) is 9.73 Å². The van der Waals surface area contributed by atoms with Gasteiger partial charge in [0.1, 0.15) is 29.2 Å². The van der Waals surface area contributed by atoms with E-state index in [2.05, 4.69) is 72.0 Å². The second-order valence-electron chi connectivity index (χ2n) is 9.55. The van der Waals surface area contributed by atoms with E-state index in [1.54, 1.807) is 35.8 Å². The molecule has 176 valence electrons. The summed E-state index contributed by atoms with van der Waals surface area (Å²) in [4.78, 5) is 6.06. The van der Waals surface area contributed by atoms with Gasteiger partial charge in [-0.15, -0.1) is 11.3 Å². The fourth-order valence-corrected chi connectivity index (χ4v) is 7.51. The lowest BCUT2D eigenvalue weighted by Gasteiger charge is -2.33. The van der Waals surface area contributed by atoms with Crippen LogP contribution in [0.5, 0.6) is 5.75 Å². The molecule has 0 spiro atoms. The van der Waals surface area contributed by atoms with E-state index in [1.165, 1.54) is 16.5 Å². The van der Waals surface area contributed by atoms with Gasteiger partial charge < -0.3 is 4.74 Å². The zero-order valence-corrected chi connectivity index (χ0v) is 24.4. The number of aliphatic imine (C=N–C) groups is 1. The van der Waals surface area contributed by atoms with Crippen molar-refractivity contribution in [2.75, 3.05) is 0 Å². The van der Waals surface area contributed by atoms with E-state index in [1.807, 2.05) is 12.1 Å². The number of ether oxygens (including phenoxy) is 1. The van der Waals surface area contributed by atoms with Crippen LogP contribution in [-0.2, 0) is 19.4 Å². The number of hydrogen-bond donors (Lipinski definition) is 0. The number of nitriles is 1. The van der Waals surface area contributed by atoms with Crippen molar-refractivity contribution in [1.29, 1.82) is 5.26 Å². The number of halogens is 3. The lowest BCUT2D eigenvalue weighted by molar-refractivity contribution is 0.218. The van der Waals surface area contributed by atoms with E-state index in [0.717, 1.165) is 37.0 Å². The number of fused-ring (bicyclic) bond motifs is 1. The number of nitrogens with zero attached hydrogens (tertiary/aromatic N) is 2. The van der Waals surface area contributed by atoms with Gasteiger partial charge in [0.25, 0.3) is 0 Å². The molecule has 4 rings (SSSR count). The van der Waals surface area contributed by atoms with Crippen LogP contribution in [-0.4, -0.2) is 6.21 Å². The van der Waals surface area contributed by atoms with Gasteiger partial charge in [-0.05, 0) is 99.5 Å². The smallest absolute Gasteiger partial charge is 0.141 e. The normalized spacial score (nSPS) is 15.9. The van der Waals surface area contributed by atoms with E-state index in [9.17, 15) is 9.65 Å². The van der Waals surface area contributed by atoms with Crippen LogP contribution in [0.15, 0.2) is 41.4 Å². The lowest BCUT2D eigenvalue weighted by atomic mass is 9.72. The highest BCUT2D eigenvalue weighted by atomic mass is 127. The minimum atomic E-state index is -0.283. The molecule has 2 aromatic carbocycles. The molecule has 3 aromatic rings. The summed E-state index contributed by atoms with van der Waals surface area (Å²) in [7, 11) is 0. The summed E-state index contributed by atoms with van der Waals surface area (Å²) in [6, 6.07) is 13.1. The standard InChI is InChI=1S/C27H25FI2N2OS/c1-27(2,3)18-8-9-20-21(13-31)26(34-24(20)11-18)32-14-17-10-19(29)12-23(30)25(17)33-15-16-6-4-5-7-22(16)28/h4-7,10,12,14,18H,8-9,11,15H2,1-3H3/t18-/m0/s1. The van der Waals surface area contributed by atoms with E-state index in [0.29, 0.717) is 22.8 Å². The molecule has 0 N–H and O–H groups in total. The second-order valence-corrected chi connectivity index (χ2v) is 13.0. The van der Waals surface area contributed by atoms with Gasteiger partial charge in [0, 0.05) is 25.8 Å². The van der Waals surface area contributed by atoms with Crippen LogP contribution in [0.25, 0.3) is 0 Å². The predicted molar refractivity (Wildman–Crippen MR) is 154 cm³/mol. The van der Waals surface area contributed by atoms with E-state index in [-0.39, 0.29) is 17.8 Å².